The number of aromatic nitrogens is 4. The molecule has 10 nitrogen and oxygen atoms in total. The van der Waals surface area contributed by atoms with E-state index in [1.165, 1.54) is 0 Å². The maximum atomic E-state index is 12.0. The van der Waals surface area contributed by atoms with Gasteiger partial charge in [0.1, 0.15) is 5.52 Å². The van der Waals surface area contributed by atoms with Crippen molar-refractivity contribution in [2.75, 3.05) is 37.2 Å². The maximum Gasteiger partial charge on any atom is 0.431 e. The number of imidazole rings is 1. The first kappa shape index (κ1) is 15.6. The second-order valence-corrected chi connectivity index (χ2v) is 6.07. The molecule has 0 spiro atoms. The lowest BCUT2D eigenvalue weighted by Gasteiger charge is -2.16. The molecule has 2 aromatic rings. The summed E-state index contributed by atoms with van der Waals surface area (Å²) in [5.74, 6) is 0.536. The molecule has 0 aliphatic heterocycles. The van der Waals surface area contributed by atoms with Gasteiger partial charge in [-0.2, -0.15) is 9.97 Å². The van der Waals surface area contributed by atoms with Crippen molar-refractivity contribution in [2.24, 2.45) is 12.8 Å². The van der Waals surface area contributed by atoms with Crippen LogP contribution in [0.3, 0.4) is 0 Å². The molecule has 0 fully saturated rings. The molecule has 1 atom stereocenters. The van der Waals surface area contributed by atoms with Gasteiger partial charge in [0, 0.05) is 27.7 Å². The number of fused-ring (bicyclic) bond motifs is 1. The number of nitrogens with zero attached hydrogens (tertiary/aromatic N) is 5. The fraction of sp³-hybridized carbons (Fsp3) is 0.500. The molecule has 21 heavy (non-hydrogen) atoms. The lowest BCUT2D eigenvalue weighted by molar-refractivity contribution is 0.271. The highest BCUT2D eigenvalue weighted by molar-refractivity contribution is 7.54. The molecule has 4 N–H and O–H groups in total. The average Bonchev–Trinajstić information content (AvgIpc) is 2.78. The van der Waals surface area contributed by atoms with Crippen LogP contribution in [0.5, 0.6) is 0 Å². The monoisotopic (exact) mass is 315 g/mol. The van der Waals surface area contributed by atoms with Crippen LogP contribution in [-0.4, -0.2) is 51.7 Å². The Morgan fingerprint density at radius 2 is 2.24 bits per heavy atom. The summed E-state index contributed by atoms with van der Waals surface area (Å²) in [5, 5.41) is 2.41. The summed E-state index contributed by atoms with van der Waals surface area (Å²) < 4.78 is 18.4. The van der Waals surface area contributed by atoms with Crippen molar-refractivity contribution in [2.45, 2.75) is 0 Å². The molecule has 0 saturated carbocycles. The summed E-state index contributed by atoms with van der Waals surface area (Å²) in [7, 11) is 1.20. The first-order valence-electron chi connectivity index (χ1n) is 6.16. The molecule has 2 rings (SSSR count). The molecule has 0 aliphatic carbocycles. The van der Waals surface area contributed by atoms with Crippen LogP contribution in [0.2, 0.25) is 0 Å². The van der Waals surface area contributed by atoms with Crippen LogP contribution >= 0.6 is 7.75 Å². The number of rotatable bonds is 6. The van der Waals surface area contributed by atoms with Gasteiger partial charge in [0.15, 0.2) is 11.5 Å². The van der Waals surface area contributed by atoms with Crippen molar-refractivity contribution in [3.63, 3.8) is 0 Å². The van der Waals surface area contributed by atoms with E-state index in [2.05, 4.69) is 20.0 Å². The zero-order valence-electron chi connectivity index (χ0n) is 12.0. The van der Waals surface area contributed by atoms with Gasteiger partial charge in [-0.25, -0.2) is 9.55 Å². The number of aryl methyl sites for hydroxylation is 1. The maximum absolute atomic E-state index is 12.0. The second-order valence-electron chi connectivity index (χ2n) is 4.55. The molecule has 0 aromatic carbocycles. The van der Waals surface area contributed by atoms with E-state index in [0.717, 1.165) is 0 Å². The molecule has 2 heterocycles. The topological polar surface area (TPSA) is 131 Å². The predicted molar refractivity (Wildman–Crippen MR) is 79.1 cm³/mol. The van der Waals surface area contributed by atoms with Gasteiger partial charge < -0.3 is 20.1 Å². The van der Waals surface area contributed by atoms with Crippen LogP contribution in [0.15, 0.2) is 6.33 Å². The smallest absolute Gasteiger partial charge is 0.347 e. The molecule has 1 unspecified atom stereocenters. The van der Waals surface area contributed by atoms with Crippen LogP contribution < -0.4 is 15.7 Å². The zero-order valence-corrected chi connectivity index (χ0v) is 12.9. The summed E-state index contributed by atoms with van der Waals surface area (Å²) in [6, 6.07) is 0. The van der Waals surface area contributed by atoms with Crippen molar-refractivity contribution >= 4 is 30.7 Å². The van der Waals surface area contributed by atoms with Gasteiger partial charge in [0.25, 0.3) is 0 Å². The quantitative estimate of drug-likeness (QED) is 0.626. The minimum Gasteiger partial charge on any atom is -0.347 e. The Kier molecular flexibility index (Phi) is 4.43. The molecule has 116 valence electrons. The van der Waals surface area contributed by atoms with Crippen LogP contribution in [0.4, 0.5) is 11.8 Å². The van der Waals surface area contributed by atoms with Crippen LogP contribution in [0.1, 0.15) is 0 Å². The van der Waals surface area contributed by atoms with Crippen LogP contribution in [0, 0.1) is 0 Å². The van der Waals surface area contributed by atoms with E-state index in [-0.39, 0.29) is 19.0 Å². The molecule has 0 bridgehead atoms. The summed E-state index contributed by atoms with van der Waals surface area (Å²) in [5.41, 5.74) is 6.18. The first-order valence-corrected chi connectivity index (χ1v) is 7.74. The molecule has 0 amide bonds. The Morgan fingerprint density at radius 3 is 2.86 bits per heavy atom. The number of hydrogen-bond donors (Lipinski definition) is 3. The Bertz CT molecular complexity index is 687. The Balaban J connectivity index is 2.45. The summed E-state index contributed by atoms with van der Waals surface area (Å²) in [6.45, 7) is 0.0982. The van der Waals surface area contributed by atoms with Crippen molar-refractivity contribution < 1.29 is 14.0 Å². The Labute approximate surface area is 121 Å². The normalized spacial score (nSPS) is 14.1. The average molecular weight is 315 g/mol. The van der Waals surface area contributed by atoms with Crippen molar-refractivity contribution in [3.8, 4) is 0 Å². The van der Waals surface area contributed by atoms with E-state index >= 15 is 0 Å². The summed E-state index contributed by atoms with van der Waals surface area (Å²) in [4.78, 5) is 24.1. The minimum atomic E-state index is -4.06. The number of nitrogens with one attached hydrogen (secondary N) is 1. The lowest BCUT2D eigenvalue weighted by Crippen LogP contribution is -2.15. The Morgan fingerprint density at radius 1 is 1.52 bits per heavy atom. The van der Waals surface area contributed by atoms with Gasteiger partial charge in [-0.1, -0.05) is 0 Å². The SMILES string of the molecule is CN(C)c1nc(NP(=O)(O)OCCN)c2c(ncn2C)n1. The van der Waals surface area contributed by atoms with Crippen molar-refractivity contribution in [3.05, 3.63) is 6.33 Å². The van der Waals surface area contributed by atoms with E-state index in [0.29, 0.717) is 17.1 Å². The summed E-state index contributed by atoms with van der Waals surface area (Å²) in [6.07, 6.45) is 1.55. The zero-order chi connectivity index (χ0) is 15.6. The number of nitrogens with two attached hydrogens (primary N) is 1. The van der Waals surface area contributed by atoms with Gasteiger partial charge in [0.2, 0.25) is 5.95 Å². The van der Waals surface area contributed by atoms with E-state index in [4.69, 9.17) is 10.3 Å². The standard InChI is InChI=1S/C10H18N7O3P/c1-16(2)10-13-8-7(17(3)6-12-8)9(14-10)15-21(18,19)20-5-4-11/h6H,4-5,11H2,1-3H3,(H2,13,14,15,18,19). The van der Waals surface area contributed by atoms with Crippen molar-refractivity contribution in [1.29, 1.82) is 0 Å². The third kappa shape index (κ3) is 3.48. The molecule has 0 aliphatic rings. The number of hydrogen-bond acceptors (Lipinski definition) is 7. The van der Waals surface area contributed by atoms with Gasteiger partial charge in [0.05, 0.1) is 12.9 Å². The molecule has 2 aromatic heterocycles. The fourth-order valence-corrected chi connectivity index (χ4v) is 2.51. The molecule has 11 heteroatoms. The van der Waals surface area contributed by atoms with Gasteiger partial charge in [-0.15, -0.1) is 0 Å². The molecular formula is C10H18N7O3P. The molecular weight excluding hydrogens is 297 g/mol. The van der Waals surface area contributed by atoms with Crippen LogP contribution in [-0.2, 0) is 16.1 Å². The third-order valence-electron chi connectivity index (χ3n) is 2.59. The predicted octanol–water partition coefficient (Wildman–Crippen LogP) is -0.0831. The van der Waals surface area contributed by atoms with Gasteiger partial charge >= 0.3 is 7.75 Å². The van der Waals surface area contributed by atoms with E-state index < -0.39 is 7.75 Å². The highest BCUT2D eigenvalue weighted by atomic mass is 31.2. The van der Waals surface area contributed by atoms with E-state index in [1.807, 2.05) is 0 Å². The third-order valence-corrected chi connectivity index (χ3v) is 3.62. The van der Waals surface area contributed by atoms with Crippen molar-refractivity contribution in [1.82, 2.24) is 19.5 Å². The highest BCUT2D eigenvalue weighted by Gasteiger charge is 2.23. The van der Waals surface area contributed by atoms with Gasteiger partial charge in [-0.05, 0) is 0 Å². The largest absolute Gasteiger partial charge is 0.431 e. The van der Waals surface area contributed by atoms with E-state index in [1.54, 1.807) is 36.9 Å². The fourth-order valence-electron chi connectivity index (χ4n) is 1.67. The first-order chi connectivity index (χ1) is 9.84. The van der Waals surface area contributed by atoms with Crippen LogP contribution in [0.25, 0.3) is 11.2 Å². The van der Waals surface area contributed by atoms with Gasteiger partial charge in [-0.3, -0.25) is 9.61 Å². The van der Waals surface area contributed by atoms with E-state index in [9.17, 15) is 9.46 Å². The summed E-state index contributed by atoms with van der Waals surface area (Å²) >= 11 is 0. The lowest BCUT2D eigenvalue weighted by atomic mass is 10.5. The Hall–Kier alpha value is -1.74. The molecule has 0 radical (unpaired) electrons. The second kappa shape index (κ2) is 5.94. The highest BCUT2D eigenvalue weighted by Crippen LogP contribution is 2.42. The molecule has 0 saturated heterocycles. The number of anilines is 2. The minimum absolute atomic E-state index is 0.0407.